The Bertz CT molecular complexity index is 1590. The number of nitrogens with two attached hydrogens (primary N) is 1. The lowest BCUT2D eigenvalue weighted by Gasteiger charge is -2.25. The highest BCUT2D eigenvalue weighted by Crippen LogP contribution is 2.30. The minimum atomic E-state index is -1.06. The van der Waals surface area contributed by atoms with Crippen LogP contribution in [0.2, 0.25) is 0 Å². The van der Waals surface area contributed by atoms with E-state index in [0.717, 1.165) is 22.4 Å². The summed E-state index contributed by atoms with van der Waals surface area (Å²) >= 11 is 0. The zero-order valence-corrected chi connectivity index (χ0v) is 25.5. The summed E-state index contributed by atoms with van der Waals surface area (Å²) in [4.78, 5) is 42.4. The number of imidazole rings is 1. The Kier molecular flexibility index (Phi) is 10.3. The van der Waals surface area contributed by atoms with Gasteiger partial charge in [-0.2, -0.15) is 0 Å². The molecule has 0 bridgehead atoms. The Morgan fingerprint density at radius 2 is 1.73 bits per heavy atom. The number of aryl methyl sites for hydroxylation is 1. The number of rotatable bonds is 12. The molecular formula is C35H39FN4O4. The second-order valence-electron chi connectivity index (χ2n) is 12.0. The largest absolute Gasteiger partial charge is 0.458 e. The lowest BCUT2D eigenvalue weighted by atomic mass is 9.89. The monoisotopic (exact) mass is 598 g/mol. The van der Waals surface area contributed by atoms with Crippen LogP contribution in [0.5, 0.6) is 0 Å². The summed E-state index contributed by atoms with van der Waals surface area (Å²) in [6, 6.07) is 20.6. The molecule has 0 aliphatic heterocycles. The van der Waals surface area contributed by atoms with Gasteiger partial charge < -0.3 is 20.4 Å². The Morgan fingerprint density at radius 1 is 1.02 bits per heavy atom. The number of esters is 1. The zero-order valence-electron chi connectivity index (χ0n) is 25.5. The van der Waals surface area contributed by atoms with Crippen molar-refractivity contribution in [1.29, 1.82) is 0 Å². The van der Waals surface area contributed by atoms with E-state index in [9.17, 15) is 18.8 Å². The van der Waals surface area contributed by atoms with E-state index < -0.39 is 29.4 Å². The summed E-state index contributed by atoms with van der Waals surface area (Å²) in [6.07, 6.45) is 4.13. The molecule has 2 amide bonds. The molecule has 2 atom stereocenters. The quantitative estimate of drug-likeness (QED) is 0.202. The molecule has 0 fully saturated rings. The number of primary amides is 1. The third-order valence-electron chi connectivity index (χ3n) is 7.25. The van der Waals surface area contributed by atoms with Crippen LogP contribution < -0.4 is 11.1 Å². The first kappa shape index (κ1) is 32.1. The molecule has 4 aromatic rings. The lowest BCUT2D eigenvalue weighted by Crippen LogP contribution is -2.44. The van der Waals surface area contributed by atoms with Gasteiger partial charge >= 0.3 is 5.97 Å². The van der Waals surface area contributed by atoms with Crippen molar-refractivity contribution in [3.8, 4) is 11.1 Å². The molecule has 0 saturated carbocycles. The van der Waals surface area contributed by atoms with Gasteiger partial charge in [0.1, 0.15) is 17.5 Å². The van der Waals surface area contributed by atoms with Crippen molar-refractivity contribution >= 4 is 17.8 Å². The molecule has 9 heteroatoms. The number of ether oxygens (including phenoxy) is 1. The van der Waals surface area contributed by atoms with E-state index in [-0.39, 0.29) is 24.6 Å². The predicted molar refractivity (Wildman–Crippen MR) is 167 cm³/mol. The van der Waals surface area contributed by atoms with Crippen LogP contribution in [0.1, 0.15) is 66.7 Å². The number of hydrogen-bond acceptors (Lipinski definition) is 5. The fourth-order valence-corrected chi connectivity index (χ4v) is 5.04. The van der Waals surface area contributed by atoms with Crippen molar-refractivity contribution < 1.29 is 23.5 Å². The van der Waals surface area contributed by atoms with Gasteiger partial charge in [-0.05, 0) is 81.0 Å². The Hall–Kier alpha value is -4.79. The topological polar surface area (TPSA) is 116 Å². The van der Waals surface area contributed by atoms with Crippen molar-refractivity contribution in [3.63, 3.8) is 0 Å². The van der Waals surface area contributed by atoms with E-state index in [0.29, 0.717) is 24.1 Å². The zero-order chi connectivity index (χ0) is 31.9. The highest BCUT2D eigenvalue weighted by Gasteiger charge is 2.28. The van der Waals surface area contributed by atoms with E-state index in [1.54, 1.807) is 51.5 Å². The van der Waals surface area contributed by atoms with E-state index in [2.05, 4.69) is 14.9 Å². The van der Waals surface area contributed by atoms with Crippen LogP contribution in [0.15, 0.2) is 85.3 Å². The summed E-state index contributed by atoms with van der Waals surface area (Å²) in [5, 5.41) is 2.78. The van der Waals surface area contributed by atoms with E-state index in [1.165, 1.54) is 12.1 Å². The SMILES string of the molecule is Cc1cncn1CC(Cc1ccc(C(=O)N[C@@H](CCC(N)=O)C(=O)OC(C)(C)C)c(-c2ccccc2)c1)c1ccc(F)cc1. The second-order valence-corrected chi connectivity index (χ2v) is 12.0. The third kappa shape index (κ3) is 8.86. The molecule has 0 saturated heterocycles. The highest BCUT2D eigenvalue weighted by atomic mass is 19.1. The van der Waals surface area contributed by atoms with Gasteiger partial charge in [0, 0.05) is 36.3 Å². The van der Waals surface area contributed by atoms with Crippen LogP contribution in [0, 0.1) is 12.7 Å². The number of benzene rings is 3. The van der Waals surface area contributed by atoms with Gasteiger partial charge in [0.05, 0.1) is 6.33 Å². The first-order valence-electron chi connectivity index (χ1n) is 14.6. The van der Waals surface area contributed by atoms with Crippen molar-refractivity contribution in [3.05, 3.63) is 114 Å². The molecule has 4 rings (SSSR count). The van der Waals surface area contributed by atoms with Crippen molar-refractivity contribution in [1.82, 2.24) is 14.9 Å². The van der Waals surface area contributed by atoms with Gasteiger partial charge in [-0.3, -0.25) is 9.59 Å². The molecule has 0 spiro atoms. The maximum Gasteiger partial charge on any atom is 0.329 e. The van der Waals surface area contributed by atoms with Crippen LogP contribution in [-0.4, -0.2) is 39.0 Å². The van der Waals surface area contributed by atoms with Gasteiger partial charge in [0.15, 0.2) is 0 Å². The molecule has 0 aliphatic carbocycles. The molecule has 3 aromatic carbocycles. The number of aromatic nitrogens is 2. The Morgan fingerprint density at radius 3 is 2.34 bits per heavy atom. The Balaban J connectivity index is 1.68. The van der Waals surface area contributed by atoms with Gasteiger partial charge in [-0.25, -0.2) is 14.2 Å². The number of halogens is 1. The number of nitrogens with zero attached hydrogens (tertiary/aromatic N) is 2. The van der Waals surface area contributed by atoms with Crippen molar-refractivity contribution in [2.75, 3.05) is 0 Å². The van der Waals surface area contributed by atoms with Crippen LogP contribution in [0.4, 0.5) is 4.39 Å². The second kappa shape index (κ2) is 14.1. The van der Waals surface area contributed by atoms with Crippen molar-refractivity contribution in [2.45, 2.75) is 71.1 Å². The Labute approximate surface area is 257 Å². The summed E-state index contributed by atoms with van der Waals surface area (Å²) in [7, 11) is 0. The predicted octanol–water partition coefficient (Wildman–Crippen LogP) is 5.73. The molecule has 1 heterocycles. The molecule has 3 N–H and O–H groups in total. The average molecular weight is 599 g/mol. The molecule has 0 radical (unpaired) electrons. The van der Waals surface area contributed by atoms with Gasteiger partial charge in [-0.15, -0.1) is 0 Å². The summed E-state index contributed by atoms with van der Waals surface area (Å²) < 4.78 is 21.4. The number of amides is 2. The maximum absolute atomic E-state index is 13.8. The summed E-state index contributed by atoms with van der Waals surface area (Å²) in [6.45, 7) is 7.83. The average Bonchev–Trinajstić information content (AvgIpc) is 3.38. The summed E-state index contributed by atoms with van der Waals surface area (Å²) in [5.41, 5.74) is 9.43. The number of carbonyl (C=O) groups is 3. The highest BCUT2D eigenvalue weighted by molar-refractivity contribution is 6.02. The fraction of sp³-hybridized carbons (Fsp3) is 0.314. The molecule has 8 nitrogen and oxygen atoms in total. The van der Waals surface area contributed by atoms with E-state index >= 15 is 0 Å². The minimum absolute atomic E-state index is 0.00264. The lowest BCUT2D eigenvalue weighted by molar-refractivity contribution is -0.157. The van der Waals surface area contributed by atoms with Gasteiger partial charge in [0.25, 0.3) is 5.91 Å². The number of nitrogens with one attached hydrogen (secondary N) is 1. The first-order valence-corrected chi connectivity index (χ1v) is 14.6. The molecule has 0 aliphatic rings. The standard InChI is InChI=1S/C35H39FN4O4/c1-23-20-38-22-40(23)21-27(25-11-13-28(36)14-12-25)18-24-10-15-29(30(19-24)26-8-6-5-7-9-26)33(42)39-31(16-17-32(37)41)34(43)44-35(2,3)4/h5-15,19-20,22,27,31H,16-18,21H2,1-4H3,(H2,37,41)(H,39,42)/t27?,31-/m0/s1. The van der Waals surface area contributed by atoms with Gasteiger partial charge in [-0.1, -0.05) is 54.6 Å². The molecule has 44 heavy (non-hydrogen) atoms. The maximum atomic E-state index is 13.8. The number of carbonyl (C=O) groups excluding carboxylic acids is 3. The van der Waals surface area contributed by atoms with E-state index in [4.69, 9.17) is 10.5 Å². The smallest absolute Gasteiger partial charge is 0.329 e. The van der Waals surface area contributed by atoms with Crippen LogP contribution >= 0.6 is 0 Å². The fourth-order valence-electron chi connectivity index (χ4n) is 5.04. The first-order chi connectivity index (χ1) is 20.9. The van der Waals surface area contributed by atoms with Crippen LogP contribution in [0.25, 0.3) is 11.1 Å². The molecule has 230 valence electrons. The summed E-state index contributed by atoms with van der Waals surface area (Å²) in [5.74, 6) is -1.99. The van der Waals surface area contributed by atoms with Crippen LogP contribution in [0.3, 0.4) is 0 Å². The van der Waals surface area contributed by atoms with E-state index in [1.807, 2.05) is 49.4 Å². The van der Waals surface area contributed by atoms with Crippen LogP contribution in [-0.2, 0) is 27.3 Å². The number of hydrogen-bond donors (Lipinski definition) is 2. The molecule has 1 unspecified atom stereocenters. The van der Waals surface area contributed by atoms with Gasteiger partial charge in [0.2, 0.25) is 5.91 Å². The third-order valence-corrected chi connectivity index (χ3v) is 7.25. The normalized spacial score (nSPS) is 12.8. The minimum Gasteiger partial charge on any atom is -0.458 e. The van der Waals surface area contributed by atoms with Crippen molar-refractivity contribution in [2.24, 2.45) is 5.73 Å². The molecular weight excluding hydrogens is 559 g/mol. The molecule has 1 aromatic heterocycles.